The Morgan fingerprint density at radius 1 is 1.03 bits per heavy atom. The molecule has 0 aliphatic heterocycles. The second kappa shape index (κ2) is 9.92. The number of likely N-dealkylation sites (N-methyl/N-ethyl adjacent to an activating group) is 1. The molecule has 2 aromatic rings. The average molecular weight is 420 g/mol. The van der Waals surface area contributed by atoms with Crippen LogP contribution in [0.4, 0.5) is 0 Å². The number of ether oxygens (including phenoxy) is 1. The van der Waals surface area contributed by atoms with Crippen LogP contribution in [0.15, 0.2) is 53.4 Å². The Bertz CT molecular complexity index is 974. The van der Waals surface area contributed by atoms with E-state index in [4.69, 9.17) is 8.92 Å². The molecule has 1 atom stereocenters. The third-order valence-corrected chi connectivity index (χ3v) is 5.06. The molecule has 0 saturated heterocycles. The summed E-state index contributed by atoms with van der Waals surface area (Å²) in [6.07, 6.45) is 0. The molecule has 0 aliphatic rings. The van der Waals surface area contributed by atoms with E-state index in [1.807, 2.05) is 0 Å². The molecule has 0 spiro atoms. The Hall–Kier alpha value is -3.07. The van der Waals surface area contributed by atoms with Crippen LogP contribution in [-0.2, 0) is 14.9 Å². The molecule has 0 aromatic heterocycles. The maximum atomic E-state index is 12.7. The van der Waals surface area contributed by atoms with E-state index in [1.54, 1.807) is 32.0 Å². The molecule has 0 saturated carbocycles. The smallest absolute Gasteiger partial charge is 0.339 e. The minimum atomic E-state index is -4.20. The molecule has 2 N–H and O–H groups in total. The van der Waals surface area contributed by atoms with Gasteiger partial charge in [0.25, 0.3) is 5.91 Å². The molecule has 9 heteroatoms. The van der Waals surface area contributed by atoms with Gasteiger partial charge in [0.1, 0.15) is 10.9 Å². The van der Waals surface area contributed by atoms with Crippen molar-refractivity contribution in [3.8, 4) is 11.5 Å². The second-order valence-corrected chi connectivity index (χ2v) is 7.58. The number of hydrogen-bond acceptors (Lipinski definition) is 6. The van der Waals surface area contributed by atoms with Gasteiger partial charge in [0.05, 0.1) is 6.61 Å². The van der Waals surface area contributed by atoms with Gasteiger partial charge in [-0.1, -0.05) is 18.2 Å². The minimum absolute atomic E-state index is 0.0501. The molecule has 0 fully saturated rings. The van der Waals surface area contributed by atoms with E-state index in [9.17, 15) is 18.0 Å². The topological polar surface area (TPSA) is 111 Å². The summed E-state index contributed by atoms with van der Waals surface area (Å²) in [4.78, 5) is 24.0. The summed E-state index contributed by atoms with van der Waals surface area (Å²) in [5.74, 6) is -0.562. The van der Waals surface area contributed by atoms with Crippen molar-refractivity contribution in [3.63, 3.8) is 0 Å². The molecule has 29 heavy (non-hydrogen) atoms. The number of benzene rings is 2. The maximum absolute atomic E-state index is 12.7. The first-order valence-electron chi connectivity index (χ1n) is 9.13. The Balaban J connectivity index is 2.21. The average Bonchev–Trinajstić information content (AvgIpc) is 2.69. The first-order chi connectivity index (χ1) is 13.8. The predicted molar refractivity (Wildman–Crippen MR) is 107 cm³/mol. The number of nitrogens with one attached hydrogen (secondary N) is 2. The highest BCUT2D eigenvalue weighted by molar-refractivity contribution is 7.87. The Labute approximate surface area is 170 Å². The SMILES string of the molecule is CCNC(=O)[C@H](C)NC(=O)c1cccc(S(=O)(=O)Oc2ccccc2OCC)c1. The van der Waals surface area contributed by atoms with Crippen LogP contribution < -0.4 is 19.6 Å². The molecular weight excluding hydrogens is 396 g/mol. The summed E-state index contributed by atoms with van der Waals surface area (Å²) in [6, 6.07) is 11.0. The van der Waals surface area contributed by atoms with Crippen molar-refractivity contribution in [2.45, 2.75) is 31.7 Å². The number of amides is 2. The van der Waals surface area contributed by atoms with Crippen molar-refractivity contribution < 1.29 is 26.9 Å². The molecule has 2 amide bonds. The lowest BCUT2D eigenvalue weighted by Crippen LogP contribution is -2.44. The summed E-state index contributed by atoms with van der Waals surface area (Å²) in [7, 11) is -4.20. The minimum Gasteiger partial charge on any atom is -0.490 e. The summed E-state index contributed by atoms with van der Waals surface area (Å²) in [6.45, 7) is 5.87. The zero-order chi connectivity index (χ0) is 21.4. The molecule has 0 unspecified atom stereocenters. The van der Waals surface area contributed by atoms with Gasteiger partial charge in [-0.15, -0.1) is 0 Å². The highest BCUT2D eigenvalue weighted by Gasteiger charge is 2.22. The Kier molecular flexibility index (Phi) is 7.60. The first kappa shape index (κ1) is 22.2. The van der Waals surface area contributed by atoms with E-state index in [2.05, 4.69) is 10.6 Å². The van der Waals surface area contributed by atoms with Crippen molar-refractivity contribution in [3.05, 3.63) is 54.1 Å². The van der Waals surface area contributed by atoms with Crippen LogP contribution in [0.1, 0.15) is 31.1 Å². The summed E-state index contributed by atoms with van der Waals surface area (Å²) < 4.78 is 35.9. The maximum Gasteiger partial charge on any atom is 0.339 e. The molecule has 0 heterocycles. The van der Waals surface area contributed by atoms with Gasteiger partial charge >= 0.3 is 10.1 Å². The van der Waals surface area contributed by atoms with E-state index in [-0.39, 0.29) is 22.1 Å². The quantitative estimate of drug-likeness (QED) is 0.601. The molecule has 2 aromatic carbocycles. The first-order valence-corrected chi connectivity index (χ1v) is 10.5. The lowest BCUT2D eigenvalue weighted by molar-refractivity contribution is -0.122. The third-order valence-electron chi connectivity index (χ3n) is 3.83. The van der Waals surface area contributed by atoms with Crippen LogP contribution >= 0.6 is 0 Å². The van der Waals surface area contributed by atoms with Crippen LogP contribution in [0, 0.1) is 0 Å². The van der Waals surface area contributed by atoms with E-state index in [1.165, 1.54) is 37.3 Å². The fourth-order valence-corrected chi connectivity index (χ4v) is 3.41. The normalized spacial score (nSPS) is 12.0. The van der Waals surface area contributed by atoms with Gasteiger partial charge in [-0.25, -0.2) is 0 Å². The lowest BCUT2D eigenvalue weighted by Gasteiger charge is -2.14. The largest absolute Gasteiger partial charge is 0.490 e. The predicted octanol–water partition coefficient (Wildman–Crippen LogP) is 2.11. The van der Waals surface area contributed by atoms with Gasteiger partial charge in [0.15, 0.2) is 11.5 Å². The van der Waals surface area contributed by atoms with Crippen molar-refractivity contribution in [1.29, 1.82) is 0 Å². The van der Waals surface area contributed by atoms with Crippen LogP contribution in [-0.4, -0.2) is 39.4 Å². The van der Waals surface area contributed by atoms with E-state index in [0.29, 0.717) is 18.9 Å². The van der Waals surface area contributed by atoms with Gasteiger partial charge in [0, 0.05) is 12.1 Å². The van der Waals surface area contributed by atoms with Crippen LogP contribution in [0.3, 0.4) is 0 Å². The monoisotopic (exact) mass is 420 g/mol. The molecule has 0 radical (unpaired) electrons. The van der Waals surface area contributed by atoms with E-state index in [0.717, 1.165) is 0 Å². The van der Waals surface area contributed by atoms with Gasteiger partial charge in [-0.05, 0) is 51.1 Å². The molecular formula is C20H24N2O6S. The zero-order valence-electron chi connectivity index (χ0n) is 16.5. The number of hydrogen-bond donors (Lipinski definition) is 2. The summed E-state index contributed by atoms with van der Waals surface area (Å²) in [5, 5.41) is 5.13. The lowest BCUT2D eigenvalue weighted by atomic mass is 10.2. The third kappa shape index (κ3) is 5.95. The molecule has 8 nitrogen and oxygen atoms in total. The summed E-state index contributed by atoms with van der Waals surface area (Å²) >= 11 is 0. The Morgan fingerprint density at radius 2 is 1.72 bits per heavy atom. The number of carbonyl (C=O) groups is 2. The van der Waals surface area contributed by atoms with E-state index >= 15 is 0 Å². The second-order valence-electron chi connectivity index (χ2n) is 6.03. The standard InChI is InChI=1S/C20H24N2O6S/c1-4-21-19(23)14(3)22-20(24)15-9-8-10-16(13-15)29(25,26)28-18-12-7-6-11-17(18)27-5-2/h6-14H,4-5H2,1-3H3,(H,21,23)(H,22,24)/t14-/m0/s1. The molecule has 2 rings (SSSR count). The van der Waals surface area contributed by atoms with Crippen molar-refractivity contribution >= 4 is 21.9 Å². The van der Waals surface area contributed by atoms with Gasteiger partial charge in [-0.3, -0.25) is 9.59 Å². The van der Waals surface area contributed by atoms with Crippen molar-refractivity contribution in [1.82, 2.24) is 10.6 Å². The highest BCUT2D eigenvalue weighted by Crippen LogP contribution is 2.29. The van der Waals surface area contributed by atoms with Gasteiger partial charge in [0.2, 0.25) is 5.91 Å². The molecule has 0 bridgehead atoms. The number of carbonyl (C=O) groups excluding carboxylic acids is 2. The summed E-state index contributed by atoms with van der Waals surface area (Å²) in [5.41, 5.74) is 0.0870. The fraction of sp³-hybridized carbons (Fsp3) is 0.300. The zero-order valence-corrected chi connectivity index (χ0v) is 17.3. The van der Waals surface area contributed by atoms with Crippen LogP contribution in [0.25, 0.3) is 0 Å². The molecule has 156 valence electrons. The fourth-order valence-electron chi connectivity index (χ4n) is 2.43. The van der Waals surface area contributed by atoms with Crippen molar-refractivity contribution in [2.24, 2.45) is 0 Å². The van der Waals surface area contributed by atoms with Crippen LogP contribution in [0.5, 0.6) is 11.5 Å². The van der Waals surface area contributed by atoms with Crippen molar-refractivity contribution in [2.75, 3.05) is 13.2 Å². The van der Waals surface area contributed by atoms with Gasteiger partial charge in [-0.2, -0.15) is 8.42 Å². The Morgan fingerprint density at radius 3 is 2.38 bits per heavy atom. The molecule has 0 aliphatic carbocycles. The van der Waals surface area contributed by atoms with Crippen LogP contribution in [0.2, 0.25) is 0 Å². The van der Waals surface area contributed by atoms with E-state index < -0.39 is 22.1 Å². The highest BCUT2D eigenvalue weighted by atomic mass is 32.2. The number of para-hydroxylation sites is 2. The van der Waals surface area contributed by atoms with Gasteiger partial charge < -0.3 is 19.6 Å². The number of rotatable bonds is 9.